The predicted octanol–water partition coefficient (Wildman–Crippen LogP) is 1.75. The molecule has 2 nitrogen and oxygen atoms in total. The van der Waals surface area contributed by atoms with Crippen LogP contribution in [-0.2, 0) is 0 Å². The van der Waals surface area contributed by atoms with Gasteiger partial charge in [0.2, 0.25) is 0 Å². The molecule has 0 saturated carbocycles. The number of pyridine rings is 1. The molecule has 2 heteroatoms. The van der Waals surface area contributed by atoms with E-state index in [0.717, 1.165) is 12.5 Å². The van der Waals surface area contributed by atoms with Gasteiger partial charge in [-0.2, -0.15) is 0 Å². The lowest BCUT2D eigenvalue weighted by Gasteiger charge is -2.15. The minimum atomic E-state index is 0.549. The maximum absolute atomic E-state index is 4.01. The minimum absolute atomic E-state index is 0.549. The molecule has 0 aromatic carbocycles. The van der Waals surface area contributed by atoms with Gasteiger partial charge in [-0.15, -0.1) is 0 Å². The maximum Gasteiger partial charge on any atom is 0.0347 e. The van der Waals surface area contributed by atoms with Crippen molar-refractivity contribution in [1.82, 2.24) is 10.3 Å². The van der Waals surface area contributed by atoms with E-state index in [-0.39, 0.29) is 0 Å². The summed E-state index contributed by atoms with van der Waals surface area (Å²) in [4.78, 5) is 4.01. The van der Waals surface area contributed by atoms with E-state index in [0.29, 0.717) is 6.04 Å². The monoisotopic (exact) mass is 162 g/mol. The topological polar surface area (TPSA) is 24.9 Å². The third kappa shape index (κ3) is 1.34. The zero-order valence-corrected chi connectivity index (χ0v) is 7.33. The normalized spacial score (nSPS) is 29.1. The molecule has 12 heavy (non-hydrogen) atoms. The Hall–Kier alpha value is -0.890. The summed E-state index contributed by atoms with van der Waals surface area (Å²) < 4.78 is 0. The van der Waals surface area contributed by atoms with Gasteiger partial charge >= 0.3 is 0 Å². The van der Waals surface area contributed by atoms with Crippen molar-refractivity contribution >= 4 is 0 Å². The highest BCUT2D eigenvalue weighted by atomic mass is 14.9. The van der Waals surface area contributed by atoms with Crippen LogP contribution in [0, 0.1) is 5.92 Å². The summed E-state index contributed by atoms with van der Waals surface area (Å²) in [6.07, 6.45) is 5.01. The molecule has 64 valence electrons. The molecule has 1 saturated heterocycles. The van der Waals surface area contributed by atoms with Crippen LogP contribution in [0.5, 0.6) is 0 Å². The van der Waals surface area contributed by atoms with E-state index in [9.17, 15) is 0 Å². The molecule has 1 aliphatic heterocycles. The van der Waals surface area contributed by atoms with E-state index in [1.54, 1.807) is 0 Å². The van der Waals surface area contributed by atoms with Crippen molar-refractivity contribution in [1.29, 1.82) is 0 Å². The Morgan fingerprint density at radius 1 is 1.42 bits per heavy atom. The number of hydrogen-bond donors (Lipinski definition) is 1. The van der Waals surface area contributed by atoms with Crippen molar-refractivity contribution in [3.63, 3.8) is 0 Å². The van der Waals surface area contributed by atoms with Gasteiger partial charge in [-0.05, 0) is 36.6 Å². The van der Waals surface area contributed by atoms with Crippen LogP contribution < -0.4 is 5.32 Å². The maximum atomic E-state index is 4.01. The van der Waals surface area contributed by atoms with Gasteiger partial charge in [-0.1, -0.05) is 6.92 Å². The molecule has 0 aliphatic carbocycles. The second-order valence-corrected chi connectivity index (χ2v) is 3.48. The lowest BCUT2D eigenvalue weighted by Crippen LogP contribution is -2.16. The molecule has 0 radical (unpaired) electrons. The smallest absolute Gasteiger partial charge is 0.0347 e. The van der Waals surface area contributed by atoms with Crippen molar-refractivity contribution < 1.29 is 0 Å². The molecule has 2 rings (SSSR count). The van der Waals surface area contributed by atoms with Crippen molar-refractivity contribution in [3.05, 3.63) is 30.1 Å². The Bertz CT molecular complexity index is 245. The van der Waals surface area contributed by atoms with Crippen molar-refractivity contribution in [2.75, 3.05) is 6.54 Å². The summed E-state index contributed by atoms with van der Waals surface area (Å²) in [5.74, 6) is 0.757. The van der Waals surface area contributed by atoms with Gasteiger partial charge in [0.05, 0.1) is 0 Å². The molecule has 1 aliphatic rings. The average molecular weight is 162 g/mol. The van der Waals surface area contributed by atoms with Crippen LogP contribution >= 0.6 is 0 Å². The Labute approximate surface area is 73.0 Å². The van der Waals surface area contributed by atoms with E-state index in [2.05, 4.69) is 29.4 Å². The number of hydrogen-bond acceptors (Lipinski definition) is 2. The first-order valence-corrected chi connectivity index (χ1v) is 4.51. The number of rotatable bonds is 1. The molecule has 2 heterocycles. The van der Waals surface area contributed by atoms with Gasteiger partial charge in [0.1, 0.15) is 0 Å². The Balaban J connectivity index is 2.19. The van der Waals surface area contributed by atoms with Gasteiger partial charge in [-0.3, -0.25) is 4.98 Å². The van der Waals surface area contributed by atoms with Gasteiger partial charge in [0.25, 0.3) is 0 Å². The summed E-state index contributed by atoms with van der Waals surface area (Å²) in [5.41, 5.74) is 1.37. The summed E-state index contributed by atoms with van der Waals surface area (Å²) in [7, 11) is 0. The Kier molecular flexibility index (Phi) is 2.09. The van der Waals surface area contributed by atoms with Crippen LogP contribution in [0.2, 0.25) is 0 Å². The minimum Gasteiger partial charge on any atom is -0.310 e. The van der Waals surface area contributed by atoms with E-state index < -0.39 is 0 Å². The molecule has 1 N–H and O–H groups in total. The van der Waals surface area contributed by atoms with E-state index in [1.807, 2.05) is 12.4 Å². The SMILES string of the molecule is C[C@H]1CCN[C@@H]1c1ccncc1. The molecular weight excluding hydrogens is 148 g/mol. The van der Waals surface area contributed by atoms with Crippen LogP contribution in [0.3, 0.4) is 0 Å². The quantitative estimate of drug-likeness (QED) is 0.680. The molecule has 2 atom stereocenters. The summed E-state index contributed by atoms with van der Waals surface area (Å²) in [6, 6.07) is 4.74. The van der Waals surface area contributed by atoms with E-state index in [1.165, 1.54) is 12.0 Å². The first-order valence-electron chi connectivity index (χ1n) is 4.51. The lowest BCUT2D eigenvalue weighted by atomic mass is 9.97. The lowest BCUT2D eigenvalue weighted by molar-refractivity contribution is 0.503. The summed E-state index contributed by atoms with van der Waals surface area (Å²) in [6.45, 7) is 3.44. The molecule has 1 aromatic heterocycles. The average Bonchev–Trinajstić information content (AvgIpc) is 2.53. The summed E-state index contributed by atoms with van der Waals surface area (Å²) in [5, 5.41) is 3.49. The molecular formula is C10H14N2. The molecule has 0 spiro atoms. The first kappa shape index (κ1) is 7.74. The number of nitrogens with zero attached hydrogens (tertiary/aromatic N) is 1. The van der Waals surface area contributed by atoms with Crippen LogP contribution in [0.25, 0.3) is 0 Å². The third-order valence-electron chi connectivity index (χ3n) is 2.60. The fourth-order valence-electron chi connectivity index (χ4n) is 1.85. The van der Waals surface area contributed by atoms with Crippen LogP contribution in [0.4, 0.5) is 0 Å². The molecule has 1 aromatic rings. The molecule has 0 bridgehead atoms. The van der Waals surface area contributed by atoms with Crippen molar-refractivity contribution in [2.45, 2.75) is 19.4 Å². The Morgan fingerprint density at radius 3 is 2.75 bits per heavy atom. The molecule has 1 fully saturated rings. The highest BCUT2D eigenvalue weighted by Crippen LogP contribution is 2.27. The van der Waals surface area contributed by atoms with Gasteiger partial charge in [-0.25, -0.2) is 0 Å². The van der Waals surface area contributed by atoms with Gasteiger partial charge in [0.15, 0.2) is 0 Å². The van der Waals surface area contributed by atoms with Gasteiger partial charge < -0.3 is 5.32 Å². The molecule has 0 amide bonds. The zero-order valence-electron chi connectivity index (χ0n) is 7.33. The van der Waals surface area contributed by atoms with Gasteiger partial charge in [0, 0.05) is 18.4 Å². The Morgan fingerprint density at radius 2 is 2.17 bits per heavy atom. The number of nitrogens with one attached hydrogen (secondary N) is 1. The van der Waals surface area contributed by atoms with Crippen molar-refractivity contribution in [3.8, 4) is 0 Å². The molecule has 0 unspecified atom stereocenters. The zero-order chi connectivity index (χ0) is 8.39. The van der Waals surface area contributed by atoms with Crippen LogP contribution in [-0.4, -0.2) is 11.5 Å². The van der Waals surface area contributed by atoms with E-state index in [4.69, 9.17) is 0 Å². The number of aromatic nitrogens is 1. The first-order chi connectivity index (χ1) is 5.88. The van der Waals surface area contributed by atoms with Crippen LogP contribution in [0.1, 0.15) is 24.9 Å². The van der Waals surface area contributed by atoms with E-state index >= 15 is 0 Å². The summed E-state index contributed by atoms with van der Waals surface area (Å²) >= 11 is 0. The second-order valence-electron chi connectivity index (χ2n) is 3.48. The van der Waals surface area contributed by atoms with Crippen molar-refractivity contribution in [2.24, 2.45) is 5.92 Å². The fraction of sp³-hybridized carbons (Fsp3) is 0.500. The second kappa shape index (κ2) is 3.23. The highest BCUT2D eigenvalue weighted by molar-refractivity contribution is 5.16. The standard InChI is InChI=1S/C10H14N2/c1-8-2-7-12-10(8)9-3-5-11-6-4-9/h3-6,8,10,12H,2,7H2,1H3/t8-,10-/m0/s1. The predicted molar refractivity (Wildman–Crippen MR) is 48.8 cm³/mol. The third-order valence-corrected chi connectivity index (χ3v) is 2.60. The largest absolute Gasteiger partial charge is 0.310 e. The van der Waals surface area contributed by atoms with Crippen LogP contribution in [0.15, 0.2) is 24.5 Å². The fourth-order valence-corrected chi connectivity index (χ4v) is 1.85. The highest BCUT2D eigenvalue weighted by Gasteiger charge is 2.23.